The third-order valence-electron chi connectivity index (χ3n) is 5.12. The van der Waals surface area contributed by atoms with E-state index in [2.05, 4.69) is 11.9 Å². The van der Waals surface area contributed by atoms with Gasteiger partial charge in [-0.05, 0) is 48.9 Å². The van der Waals surface area contributed by atoms with Crippen molar-refractivity contribution in [3.8, 4) is 0 Å². The molecule has 1 heterocycles. The molecule has 11 heteroatoms. The lowest BCUT2D eigenvalue weighted by Crippen LogP contribution is -2.36. The number of halogens is 1. The Hall–Kier alpha value is -2.08. The van der Waals surface area contributed by atoms with Crippen LogP contribution in [-0.2, 0) is 26.0 Å². The van der Waals surface area contributed by atoms with E-state index in [0.29, 0.717) is 21.9 Å². The average Bonchev–Trinajstić information content (AvgIpc) is 3.15. The highest BCUT2D eigenvalue weighted by atomic mass is 35.5. The number of hydrogen-bond donors (Lipinski definition) is 0. The van der Waals surface area contributed by atoms with Crippen molar-refractivity contribution in [2.24, 2.45) is 4.99 Å². The summed E-state index contributed by atoms with van der Waals surface area (Å²) >= 11 is 7.51. The van der Waals surface area contributed by atoms with Crippen LogP contribution >= 0.6 is 22.9 Å². The summed E-state index contributed by atoms with van der Waals surface area (Å²) in [6.07, 6.45) is 0.880. The monoisotopic (exact) mass is 525 g/mol. The fourth-order valence-electron chi connectivity index (χ4n) is 3.38. The fraction of sp³-hybridized carbons (Fsp3) is 0.391. The first kappa shape index (κ1) is 26.5. The number of carbonyl (C=O) groups is 1. The van der Waals surface area contributed by atoms with Crippen LogP contribution in [0.5, 0.6) is 0 Å². The summed E-state index contributed by atoms with van der Waals surface area (Å²) in [5.41, 5.74) is 1.27. The van der Waals surface area contributed by atoms with Gasteiger partial charge in [-0.3, -0.25) is 4.79 Å². The molecule has 0 aliphatic carbocycles. The number of amides is 1. The lowest BCUT2D eigenvalue weighted by Gasteiger charge is -2.21. The Morgan fingerprint density at radius 1 is 1.09 bits per heavy atom. The van der Waals surface area contributed by atoms with Crippen molar-refractivity contribution in [1.29, 1.82) is 0 Å². The van der Waals surface area contributed by atoms with Crippen molar-refractivity contribution >= 4 is 49.1 Å². The number of aromatic nitrogens is 1. The second kappa shape index (κ2) is 12.1. The molecule has 0 bridgehead atoms. The zero-order chi connectivity index (χ0) is 24.7. The van der Waals surface area contributed by atoms with E-state index in [4.69, 9.17) is 21.1 Å². The summed E-state index contributed by atoms with van der Waals surface area (Å²) in [6, 6.07) is 11.4. The van der Waals surface area contributed by atoms with Gasteiger partial charge in [0.1, 0.15) is 0 Å². The normalized spacial score (nSPS) is 12.7. The lowest BCUT2D eigenvalue weighted by atomic mass is 10.2. The molecule has 0 N–H and O–H groups in total. The van der Waals surface area contributed by atoms with E-state index in [-0.39, 0.29) is 31.2 Å². The number of carbonyl (C=O) groups excluding carboxylic acids is 1. The van der Waals surface area contributed by atoms with Crippen LogP contribution in [0.15, 0.2) is 52.4 Å². The molecule has 34 heavy (non-hydrogen) atoms. The molecule has 0 fully saturated rings. The lowest BCUT2D eigenvalue weighted by molar-refractivity contribution is 0.0997. The highest BCUT2D eigenvalue weighted by Gasteiger charge is 2.24. The standard InChI is InChI=1S/C23H28ClN3O5S2/c1-4-11-27-20-10-7-18(24)16-21(20)33-23(27)25-22(28)17-5-8-19(9-6-17)34(29,30)26(12-14-31-2)13-15-32-3/h5-10,16H,4,11-15H2,1-3H3. The van der Waals surface area contributed by atoms with Crippen molar-refractivity contribution in [3.63, 3.8) is 0 Å². The van der Waals surface area contributed by atoms with Gasteiger partial charge in [-0.25, -0.2) is 8.42 Å². The molecular formula is C23H28ClN3O5S2. The first-order valence-electron chi connectivity index (χ1n) is 10.8. The van der Waals surface area contributed by atoms with Crippen LogP contribution in [0, 0.1) is 0 Å². The number of sulfonamides is 1. The number of hydrogen-bond acceptors (Lipinski definition) is 6. The van der Waals surface area contributed by atoms with E-state index in [1.807, 2.05) is 22.8 Å². The van der Waals surface area contributed by atoms with Gasteiger partial charge in [0.2, 0.25) is 10.0 Å². The van der Waals surface area contributed by atoms with Gasteiger partial charge in [0.15, 0.2) is 4.80 Å². The molecule has 0 atom stereocenters. The summed E-state index contributed by atoms with van der Waals surface area (Å²) in [5.74, 6) is -0.443. The van der Waals surface area contributed by atoms with E-state index in [9.17, 15) is 13.2 Å². The molecule has 0 unspecified atom stereocenters. The average molecular weight is 526 g/mol. The van der Waals surface area contributed by atoms with Crippen LogP contribution in [0.1, 0.15) is 23.7 Å². The van der Waals surface area contributed by atoms with Crippen LogP contribution in [0.3, 0.4) is 0 Å². The molecule has 3 rings (SSSR count). The van der Waals surface area contributed by atoms with Crippen LogP contribution in [0.25, 0.3) is 10.2 Å². The molecule has 2 aromatic carbocycles. The molecule has 3 aromatic rings. The molecule has 1 amide bonds. The van der Waals surface area contributed by atoms with Crippen molar-refractivity contribution in [2.45, 2.75) is 24.8 Å². The maximum absolute atomic E-state index is 13.1. The Balaban J connectivity index is 1.90. The number of fused-ring (bicyclic) bond motifs is 1. The molecule has 0 saturated carbocycles. The van der Waals surface area contributed by atoms with Crippen molar-refractivity contribution in [3.05, 3.63) is 57.9 Å². The maximum Gasteiger partial charge on any atom is 0.279 e. The van der Waals surface area contributed by atoms with E-state index in [0.717, 1.165) is 16.6 Å². The molecule has 0 aliphatic heterocycles. The Morgan fingerprint density at radius 3 is 2.32 bits per heavy atom. The molecular weight excluding hydrogens is 498 g/mol. The zero-order valence-corrected chi connectivity index (χ0v) is 21.8. The molecule has 0 radical (unpaired) electrons. The predicted molar refractivity (Wildman–Crippen MR) is 134 cm³/mol. The predicted octanol–water partition coefficient (Wildman–Crippen LogP) is 3.79. The third-order valence-corrected chi connectivity index (χ3v) is 8.31. The van der Waals surface area contributed by atoms with Gasteiger partial charge < -0.3 is 14.0 Å². The minimum atomic E-state index is -3.77. The Labute approximate surface area is 208 Å². The number of rotatable bonds is 11. The summed E-state index contributed by atoms with van der Waals surface area (Å²) < 4.78 is 40.4. The van der Waals surface area contributed by atoms with Crippen LogP contribution in [0.2, 0.25) is 5.02 Å². The SMILES string of the molecule is CCCn1c(=NC(=O)c2ccc(S(=O)(=O)N(CCOC)CCOC)cc2)sc2cc(Cl)ccc21. The van der Waals surface area contributed by atoms with Gasteiger partial charge >= 0.3 is 0 Å². The Bertz CT molecular complexity index is 1290. The number of thiazole rings is 1. The van der Waals surface area contributed by atoms with Crippen LogP contribution in [-0.4, -0.2) is 63.7 Å². The highest BCUT2D eigenvalue weighted by molar-refractivity contribution is 7.89. The smallest absolute Gasteiger partial charge is 0.279 e. The van der Waals surface area contributed by atoms with Gasteiger partial charge in [0.05, 0.1) is 28.3 Å². The van der Waals surface area contributed by atoms with E-state index in [1.165, 1.54) is 54.1 Å². The summed E-state index contributed by atoms with van der Waals surface area (Å²) in [4.78, 5) is 17.9. The molecule has 8 nitrogen and oxygen atoms in total. The van der Waals surface area contributed by atoms with Gasteiger partial charge in [-0.2, -0.15) is 9.30 Å². The minimum absolute atomic E-state index is 0.0915. The van der Waals surface area contributed by atoms with Crippen molar-refractivity contribution in [2.75, 3.05) is 40.5 Å². The van der Waals surface area contributed by atoms with Gasteiger partial charge in [0.25, 0.3) is 5.91 Å². The van der Waals surface area contributed by atoms with Crippen molar-refractivity contribution in [1.82, 2.24) is 8.87 Å². The van der Waals surface area contributed by atoms with Crippen LogP contribution in [0.4, 0.5) is 0 Å². The highest BCUT2D eigenvalue weighted by Crippen LogP contribution is 2.22. The quantitative estimate of drug-likeness (QED) is 0.380. The molecule has 0 saturated heterocycles. The topological polar surface area (TPSA) is 90.2 Å². The number of aryl methyl sites for hydroxylation is 1. The minimum Gasteiger partial charge on any atom is -0.383 e. The van der Waals surface area contributed by atoms with Crippen molar-refractivity contribution < 1.29 is 22.7 Å². The summed E-state index contributed by atoms with van der Waals surface area (Å²) in [7, 11) is -0.737. The molecule has 1 aromatic heterocycles. The Kier molecular flexibility index (Phi) is 9.40. The number of benzene rings is 2. The van der Waals surface area contributed by atoms with E-state index >= 15 is 0 Å². The Morgan fingerprint density at radius 2 is 1.74 bits per heavy atom. The number of nitrogens with zero attached hydrogens (tertiary/aromatic N) is 3. The third kappa shape index (κ3) is 6.12. The summed E-state index contributed by atoms with van der Waals surface area (Å²) in [5, 5.41) is 0.622. The molecule has 0 spiro atoms. The van der Waals surface area contributed by atoms with E-state index in [1.54, 1.807) is 0 Å². The van der Waals surface area contributed by atoms with E-state index < -0.39 is 15.9 Å². The largest absolute Gasteiger partial charge is 0.383 e. The number of ether oxygens (including phenoxy) is 2. The number of methoxy groups -OCH3 is 2. The second-order valence-electron chi connectivity index (χ2n) is 7.48. The molecule has 0 aliphatic rings. The molecule has 184 valence electrons. The zero-order valence-electron chi connectivity index (χ0n) is 19.4. The van der Waals surface area contributed by atoms with Gasteiger partial charge in [-0.15, -0.1) is 0 Å². The fourth-order valence-corrected chi connectivity index (χ4v) is 6.12. The first-order chi connectivity index (χ1) is 16.3. The maximum atomic E-state index is 13.1. The van der Waals surface area contributed by atoms with Gasteiger partial charge in [0, 0.05) is 44.4 Å². The second-order valence-corrected chi connectivity index (χ2v) is 10.9. The van der Waals surface area contributed by atoms with Gasteiger partial charge in [-0.1, -0.05) is 29.9 Å². The summed E-state index contributed by atoms with van der Waals surface area (Å²) in [6.45, 7) is 3.69. The first-order valence-corrected chi connectivity index (χ1v) is 13.4. The van der Waals surface area contributed by atoms with Crippen LogP contribution < -0.4 is 4.80 Å².